The van der Waals surface area contributed by atoms with Gasteiger partial charge in [0.2, 0.25) is 5.91 Å². The van der Waals surface area contributed by atoms with Crippen LogP contribution in [0.3, 0.4) is 0 Å². The quantitative estimate of drug-likeness (QED) is 0.668. The summed E-state index contributed by atoms with van der Waals surface area (Å²) in [6.45, 7) is 0. The van der Waals surface area contributed by atoms with Gasteiger partial charge in [0.15, 0.2) is 0 Å². The average Bonchev–Trinajstić information content (AvgIpc) is 2.36. The van der Waals surface area contributed by atoms with E-state index in [4.69, 9.17) is 11.6 Å². The molecule has 7 heteroatoms. The Morgan fingerprint density at radius 1 is 1.75 bits per heavy atom. The van der Waals surface area contributed by atoms with Crippen LogP contribution in [0.5, 0.6) is 0 Å². The number of aryl methyl sites for hydroxylation is 1. The lowest BCUT2D eigenvalue weighted by Gasteiger charge is -1.94. The van der Waals surface area contributed by atoms with Crippen molar-refractivity contribution < 1.29 is 4.79 Å². The Labute approximate surface area is 73.9 Å². The third kappa shape index (κ3) is 2.46. The van der Waals surface area contributed by atoms with Gasteiger partial charge in [-0.2, -0.15) is 4.80 Å². The van der Waals surface area contributed by atoms with Gasteiger partial charge in [0.1, 0.15) is 0 Å². The van der Waals surface area contributed by atoms with Crippen LogP contribution in [0.2, 0.25) is 0 Å². The summed E-state index contributed by atoms with van der Waals surface area (Å²) in [5.74, 6) is 0.275. The molecule has 6 nitrogen and oxygen atoms in total. The summed E-state index contributed by atoms with van der Waals surface area (Å²) in [6.07, 6.45) is 0.250. The van der Waals surface area contributed by atoms with Gasteiger partial charge < -0.3 is 0 Å². The molecular formula is C5H8ClN5O. The van der Waals surface area contributed by atoms with E-state index >= 15 is 0 Å². The molecule has 0 aliphatic heterocycles. The lowest BCUT2D eigenvalue weighted by atomic mass is 10.4. The Kier molecular flexibility index (Phi) is 2.98. The molecule has 0 atom stereocenters. The van der Waals surface area contributed by atoms with Crippen LogP contribution in [-0.2, 0) is 11.8 Å². The zero-order chi connectivity index (χ0) is 8.97. The molecule has 0 saturated carbocycles. The summed E-state index contributed by atoms with van der Waals surface area (Å²) in [6, 6.07) is 0. The number of nitrogens with one attached hydrogen (secondary N) is 1. The van der Waals surface area contributed by atoms with Crippen molar-refractivity contribution in [2.75, 3.05) is 11.2 Å². The maximum atomic E-state index is 10.9. The molecule has 1 aromatic rings. The molecule has 12 heavy (non-hydrogen) atoms. The van der Waals surface area contributed by atoms with Crippen LogP contribution >= 0.6 is 11.6 Å². The monoisotopic (exact) mass is 189 g/mol. The summed E-state index contributed by atoms with van der Waals surface area (Å²) < 4.78 is 0. The number of halogens is 1. The highest BCUT2D eigenvalue weighted by Gasteiger charge is 2.04. The Bertz CT molecular complexity index is 273. The Morgan fingerprint density at radius 2 is 2.50 bits per heavy atom. The van der Waals surface area contributed by atoms with E-state index in [1.165, 1.54) is 4.80 Å². The molecule has 1 amide bonds. The van der Waals surface area contributed by atoms with Gasteiger partial charge in [-0.25, -0.2) is 0 Å². The largest absolute Gasteiger partial charge is 0.292 e. The van der Waals surface area contributed by atoms with Crippen molar-refractivity contribution in [1.29, 1.82) is 0 Å². The molecule has 0 aliphatic carbocycles. The van der Waals surface area contributed by atoms with E-state index in [-0.39, 0.29) is 24.2 Å². The van der Waals surface area contributed by atoms with E-state index in [0.29, 0.717) is 0 Å². The number of hydrogen-bond acceptors (Lipinski definition) is 4. The molecule has 0 radical (unpaired) electrons. The molecule has 0 saturated heterocycles. The first-order chi connectivity index (χ1) is 5.72. The van der Waals surface area contributed by atoms with E-state index < -0.39 is 0 Å². The summed E-state index contributed by atoms with van der Waals surface area (Å²) in [5.41, 5.74) is 0. The van der Waals surface area contributed by atoms with Gasteiger partial charge in [-0.15, -0.1) is 16.7 Å². The number of carbonyl (C=O) groups excluding carboxylic acids is 1. The fraction of sp³-hybridized carbons (Fsp3) is 0.600. The molecule has 1 N–H and O–H groups in total. The van der Waals surface area contributed by atoms with E-state index in [1.807, 2.05) is 0 Å². The second-order valence-corrected chi connectivity index (χ2v) is 2.47. The number of carbonyl (C=O) groups is 1. The van der Waals surface area contributed by atoms with Crippen molar-refractivity contribution in [1.82, 2.24) is 20.2 Å². The zero-order valence-electron chi connectivity index (χ0n) is 6.49. The highest BCUT2D eigenvalue weighted by atomic mass is 35.5. The van der Waals surface area contributed by atoms with Crippen molar-refractivity contribution in [2.45, 2.75) is 6.42 Å². The minimum atomic E-state index is -0.210. The topological polar surface area (TPSA) is 72.7 Å². The number of rotatable bonds is 3. The Hall–Kier alpha value is -1.17. The first kappa shape index (κ1) is 8.92. The maximum absolute atomic E-state index is 10.9. The summed E-state index contributed by atoms with van der Waals surface area (Å²) in [7, 11) is 1.62. The first-order valence-corrected chi connectivity index (χ1v) is 3.85. The standard InChI is InChI=1S/C5H8ClN5O/c1-11-9-5(8-10-11)7-4(12)2-3-6/h2-3H2,1H3,(H,7,9,12). The van der Waals surface area contributed by atoms with Crippen molar-refractivity contribution in [3.8, 4) is 0 Å². The fourth-order valence-electron chi connectivity index (χ4n) is 0.607. The fourth-order valence-corrected chi connectivity index (χ4v) is 0.779. The van der Waals surface area contributed by atoms with Crippen molar-refractivity contribution in [3.05, 3.63) is 0 Å². The van der Waals surface area contributed by atoms with Crippen LogP contribution in [0, 0.1) is 0 Å². The number of alkyl halides is 1. The number of hydrogen-bond donors (Lipinski definition) is 1. The van der Waals surface area contributed by atoms with Gasteiger partial charge in [-0.3, -0.25) is 10.1 Å². The molecule has 0 bridgehead atoms. The van der Waals surface area contributed by atoms with E-state index in [1.54, 1.807) is 7.05 Å². The molecular weight excluding hydrogens is 182 g/mol. The van der Waals surface area contributed by atoms with Crippen molar-refractivity contribution in [2.24, 2.45) is 7.05 Å². The van der Waals surface area contributed by atoms with E-state index in [9.17, 15) is 4.79 Å². The second-order valence-electron chi connectivity index (χ2n) is 2.09. The van der Waals surface area contributed by atoms with Crippen molar-refractivity contribution in [3.63, 3.8) is 0 Å². The van der Waals surface area contributed by atoms with Gasteiger partial charge >= 0.3 is 0 Å². The number of aromatic nitrogens is 4. The zero-order valence-corrected chi connectivity index (χ0v) is 7.25. The third-order valence-electron chi connectivity index (χ3n) is 1.08. The van der Waals surface area contributed by atoms with E-state index in [0.717, 1.165) is 0 Å². The number of amides is 1. The molecule has 1 rings (SSSR count). The molecule has 1 heterocycles. The first-order valence-electron chi connectivity index (χ1n) is 3.32. The van der Waals surface area contributed by atoms with Crippen LogP contribution < -0.4 is 5.32 Å². The minimum Gasteiger partial charge on any atom is -0.292 e. The molecule has 66 valence electrons. The molecule has 0 spiro atoms. The van der Waals surface area contributed by atoms with E-state index in [2.05, 4.69) is 20.7 Å². The number of nitrogens with zero attached hydrogens (tertiary/aromatic N) is 4. The van der Waals surface area contributed by atoms with Crippen LogP contribution in [0.15, 0.2) is 0 Å². The normalized spacial score (nSPS) is 9.83. The predicted octanol–water partition coefficient (Wildman–Crippen LogP) is -0.223. The highest BCUT2D eigenvalue weighted by molar-refractivity contribution is 6.19. The van der Waals surface area contributed by atoms with Gasteiger partial charge in [0.05, 0.1) is 7.05 Å². The Morgan fingerprint density at radius 3 is 3.00 bits per heavy atom. The predicted molar refractivity (Wildman–Crippen MR) is 42.8 cm³/mol. The summed E-state index contributed by atoms with van der Waals surface area (Å²) in [5, 5.41) is 13.3. The van der Waals surface area contributed by atoms with Crippen LogP contribution in [0.1, 0.15) is 6.42 Å². The number of tetrazole rings is 1. The summed E-state index contributed by atoms with van der Waals surface area (Å²) in [4.78, 5) is 12.2. The Balaban J connectivity index is 2.46. The number of anilines is 1. The molecule has 0 fully saturated rings. The smallest absolute Gasteiger partial charge is 0.270 e. The van der Waals surface area contributed by atoms with Gasteiger partial charge in [0, 0.05) is 12.3 Å². The SMILES string of the molecule is Cn1nnc(NC(=O)CCCl)n1. The van der Waals surface area contributed by atoms with Gasteiger partial charge in [-0.1, -0.05) is 5.10 Å². The van der Waals surface area contributed by atoms with Crippen molar-refractivity contribution >= 4 is 23.5 Å². The van der Waals surface area contributed by atoms with Crippen LogP contribution in [0.25, 0.3) is 0 Å². The molecule has 0 aromatic carbocycles. The molecule has 1 aromatic heterocycles. The molecule has 0 aliphatic rings. The third-order valence-corrected chi connectivity index (χ3v) is 1.27. The second kappa shape index (κ2) is 4.01. The lowest BCUT2D eigenvalue weighted by Crippen LogP contribution is -2.13. The minimum absolute atomic E-state index is 0.201. The maximum Gasteiger partial charge on any atom is 0.270 e. The van der Waals surface area contributed by atoms with Gasteiger partial charge in [-0.05, 0) is 5.21 Å². The van der Waals surface area contributed by atoms with Gasteiger partial charge in [0.25, 0.3) is 5.95 Å². The van der Waals surface area contributed by atoms with Crippen LogP contribution in [-0.4, -0.2) is 32.0 Å². The van der Waals surface area contributed by atoms with Crippen LogP contribution in [0.4, 0.5) is 5.95 Å². The summed E-state index contributed by atoms with van der Waals surface area (Å²) >= 11 is 5.35. The average molecular weight is 190 g/mol. The molecule has 0 unspecified atom stereocenters. The lowest BCUT2D eigenvalue weighted by molar-refractivity contribution is -0.115. The highest BCUT2D eigenvalue weighted by Crippen LogP contribution is 1.94.